The van der Waals surface area contributed by atoms with Crippen LogP contribution in [0.2, 0.25) is 0 Å². The average molecular weight is 425 g/mol. The molecule has 1 amide bonds. The number of aryl methyl sites for hydroxylation is 1. The number of hydrogen-bond acceptors (Lipinski definition) is 3. The third-order valence-corrected chi connectivity index (χ3v) is 6.16. The molecular weight excluding hydrogens is 404 g/mol. The van der Waals surface area contributed by atoms with E-state index in [0.717, 1.165) is 15.6 Å². The number of nitrogens with zero attached hydrogens (tertiary/aromatic N) is 1. The number of carbonyl (C=O) groups excluding carboxylic acids is 1. The molecule has 0 aliphatic carbocycles. The van der Waals surface area contributed by atoms with Crippen molar-refractivity contribution < 1.29 is 13.2 Å². The van der Waals surface area contributed by atoms with Gasteiger partial charge in [0.15, 0.2) is 0 Å². The fraction of sp³-hybridized carbons (Fsp3) is 0.278. The van der Waals surface area contributed by atoms with Crippen molar-refractivity contribution in [2.45, 2.75) is 25.3 Å². The standard InChI is InChI=1S/C18H21BrN2O3S/c1-3-21(25(23,24)17-9-7-16(19)8-10-17)13-18(22)20-12-15-6-4-5-14(2)11-15/h4-11H,3,12-13H2,1-2H3,(H,20,22). The van der Waals surface area contributed by atoms with E-state index in [1.165, 1.54) is 16.4 Å². The van der Waals surface area contributed by atoms with Gasteiger partial charge < -0.3 is 5.32 Å². The molecule has 7 heteroatoms. The molecule has 0 radical (unpaired) electrons. The van der Waals surface area contributed by atoms with E-state index in [9.17, 15) is 13.2 Å². The minimum atomic E-state index is -3.70. The Morgan fingerprint density at radius 2 is 1.84 bits per heavy atom. The highest BCUT2D eigenvalue weighted by atomic mass is 79.9. The van der Waals surface area contributed by atoms with Crippen LogP contribution in [-0.4, -0.2) is 31.7 Å². The third kappa shape index (κ3) is 5.39. The van der Waals surface area contributed by atoms with Gasteiger partial charge in [0.2, 0.25) is 15.9 Å². The summed E-state index contributed by atoms with van der Waals surface area (Å²) in [5.74, 6) is -0.330. The molecule has 2 rings (SSSR count). The molecule has 0 saturated carbocycles. The first-order valence-corrected chi connectivity index (χ1v) is 10.1. The smallest absolute Gasteiger partial charge is 0.243 e. The van der Waals surface area contributed by atoms with Gasteiger partial charge in [0.25, 0.3) is 0 Å². The maximum Gasteiger partial charge on any atom is 0.243 e. The van der Waals surface area contributed by atoms with Gasteiger partial charge in [0, 0.05) is 17.6 Å². The molecule has 0 heterocycles. The summed E-state index contributed by atoms with van der Waals surface area (Å²) >= 11 is 3.28. The number of halogens is 1. The van der Waals surface area contributed by atoms with Crippen molar-refractivity contribution in [1.29, 1.82) is 0 Å². The highest BCUT2D eigenvalue weighted by Gasteiger charge is 2.25. The summed E-state index contributed by atoms with van der Waals surface area (Å²) in [6.45, 7) is 4.08. The van der Waals surface area contributed by atoms with E-state index in [0.29, 0.717) is 6.54 Å². The van der Waals surface area contributed by atoms with E-state index < -0.39 is 10.0 Å². The fourth-order valence-corrected chi connectivity index (χ4v) is 4.03. The lowest BCUT2D eigenvalue weighted by molar-refractivity contribution is -0.121. The van der Waals surface area contributed by atoms with Crippen LogP contribution >= 0.6 is 15.9 Å². The van der Waals surface area contributed by atoms with Gasteiger partial charge in [-0.15, -0.1) is 0 Å². The molecule has 0 aromatic heterocycles. The first-order valence-electron chi connectivity index (χ1n) is 7.91. The zero-order valence-corrected chi connectivity index (χ0v) is 16.6. The van der Waals surface area contributed by atoms with Crippen molar-refractivity contribution in [2.75, 3.05) is 13.1 Å². The Bertz CT molecular complexity index is 836. The Labute approximate surface area is 157 Å². The highest BCUT2D eigenvalue weighted by Crippen LogP contribution is 2.18. The van der Waals surface area contributed by atoms with Crippen LogP contribution in [0.5, 0.6) is 0 Å². The number of hydrogen-bond donors (Lipinski definition) is 1. The second kappa shape index (κ2) is 8.60. The molecule has 2 aromatic rings. The molecule has 1 N–H and O–H groups in total. The SMILES string of the molecule is CCN(CC(=O)NCc1cccc(C)c1)S(=O)(=O)c1ccc(Br)cc1. The minimum Gasteiger partial charge on any atom is -0.351 e. The number of rotatable bonds is 7. The van der Waals surface area contributed by atoms with Crippen molar-refractivity contribution >= 4 is 31.9 Å². The number of likely N-dealkylation sites (N-methyl/N-ethyl adjacent to an activating group) is 1. The largest absolute Gasteiger partial charge is 0.351 e. The Kier molecular flexibility index (Phi) is 6.75. The summed E-state index contributed by atoms with van der Waals surface area (Å²) in [4.78, 5) is 12.3. The number of sulfonamides is 1. The van der Waals surface area contributed by atoms with E-state index >= 15 is 0 Å². The molecule has 0 aliphatic heterocycles. The van der Waals surface area contributed by atoms with Crippen LogP contribution in [0, 0.1) is 6.92 Å². The second-order valence-electron chi connectivity index (χ2n) is 5.65. The van der Waals surface area contributed by atoms with Gasteiger partial charge in [-0.3, -0.25) is 4.79 Å². The van der Waals surface area contributed by atoms with Gasteiger partial charge in [-0.1, -0.05) is 52.7 Å². The number of benzene rings is 2. The first-order chi connectivity index (χ1) is 11.8. The summed E-state index contributed by atoms with van der Waals surface area (Å²) in [6.07, 6.45) is 0. The van der Waals surface area contributed by atoms with Gasteiger partial charge in [-0.05, 0) is 36.8 Å². The molecular formula is C18H21BrN2O3S. The van der Waals surface area contributed by atoms with Crippen LogP contribution in [0.15, 0.2) is 57.9 Å². The third-order valence-electron chi connectivity index (χ3n) is 3.70. The van der Waals surface area contributed by atoms with Gasteiger partial charge in [-0.2, -0.15) is 4.31 Å². The van der Waals surface area contributed by atoms with E-state index in [4.69, 9.17) is 0 Å². The summed E-state index contributed by atoms with van der Waals surface area (Å²) in [5, 5.41) is 2.77. The normalized spacial score (nSPS) is 11.5. The van der Waals surface area contributed by atoms with E-state index in [1.807, 2.05) is 31.2 Å². The quantitative estimate of drug-likeness (QED) is 0.742. The van der Waals surface area contributed by atoms with E-state index in [2.05, 4.69) is 21.2 Å². The Morgan fingerprint density at radius 1 is 1.16 bits per heavy atom. The zero-order chi connectivity index (χ0) is 18.4. The van der Waals surface area contributed by atoms with Crippen molar-refractivity contribution in [3.8, 4) is 0 Å². The van der Waals surface area contributed by atoms with Crippen molar-refractivity contribution in [3.63, 3.8) is 0 Å². The van der Waals surface area contributed by atoms with Crippen molar-refractivity contribution in [1.82, 2.24) is 9.62 Å². The number of amides is 1. The van der Waals surface area contributed by atoms with Crippen LogP contribution in [0.1, 0.15) is 18.1 Å². The average Bonchev–Trinajstić information content (AvgIpc) is 2.58. The van der Waals surface area contributed by atoms with Crippen molar-refractivity contribution in [3.05, 3.63) is 64.1 Å². The van der Waals surface area contributed by atoms with Crippen molar-refractivity contribution in [2.24, 2.45) is 0 Å². The highest BCUT2D eigenvalue weighted by molar-refractivity contribution is 9.10. The van der Waals surface area contributed by atoms with Gasteiger partial charge in [0.05, 0.1) is 11.4 Å². The molecule has 0 atom stereocenters. The lowest BCUT2D eigenvalue weighted by Crippen LogP contribution is -2.40. The van der Waals surface area contributed by atoms with Gasteiger partial charge in [-0.25, -0.2) is 8.42 Å². The maximum absolute atomic E-state index is 12.7. The van der Waals surface area contributed by atoms with Crippen LogP contribution < -0.4 is 5.32 Å². The van der Waals surface area contributed by atoms with Gasteiger partial charge in [0.1, 0.15) is 0 Å². The molecule has 0 spiro atoms. The van der Waals surface area contributed by atoms with Crippen LogP contribution in [0.4, 0.5) is 0 Å². The molecule has 0 bridgehead atoms. The van der Waals surface area contributed by atoms with Crippen LogP contribution in [-0.2, 0) is 21.4 Å². The number of carbonyl (C=O) groups is 1. The zero-order valence-electron chi connectivity index (χ0n) is 14.2. The predicted octanol–water partition coefficient (Wildman–Crippen LogP) is 3.08. The first kappa shape index (κ1) is 19.6. The van der Waals surface area contributed by atoms with E-state index in [-0.39, 0.29) is 23.9 Å². The minimum absolute atomic E-state index is 0.170. The lowest BCUT2D eigenvalue weighted by Gasteiger charge is -2.20. The Hall–Kier alpha value is -1.70. The summed E-state index contributed by atoms with van der Waals surface area (Å²) in [7, 11) is -3.70. The van der Waals surface area contributed by atoms with Crippen LogP contribution in [0.25, 0.3) is 0 Å². The monoisotopic (exact) mass is 424 g/mol. The summed E-state index contributed by atoms with van der Waals surface area (Å²) in [6, 6.07) is 14.2. The maximum atomic E-state index is 12.7. The van der Waals surface area contributed by atoms with Crippen LogP contribution in [0.3, 0.4) is 0 Å². The van der Waals surface area contributed by atoms with E-state index in [1.54, 1.807) is 19.1 Å². The molecule has 134 valence electrons. The fourth-order valence-electron chi connectivity index (χ4n) is 2.36. The summed E-state index contributed by atoms with van der Waals surface area (Å²) in [5.41, 5.74) is 2.09. The lowest BCUT2D eigenvalue weighted by atomic mass is 10.1. The number of nitrogens with one attached hydrogen (secondary N) is 1. The molecule has 5 nitrogen and oxygen atoms in total. The molecule has 2 aromatic carbocycles. The molecule has 25 heavy (non-hydrogen) atoms. The molecule has 0 saturated heterocycles. The predicted molar refractivity (Wildman–Crippen MR) is 102 cm³/mol. The molecule has 0 unspecified atom stereocenters. The summed E-state index contributed by atoms with van der Waals surface area (Å²) < 4.78 is 27.3. The van der Waals surface area contributed by atoms with Gasteiger partial charge >= 0.3 is 0 Å². The Morgan fingerprint density at radius 3 is 2.44 bits per heavy atom. The Balaban J connectivity index is 2.02. The second-order valence-corrected chi connectivity index (χ2v) is 8.50. The molecule has 0 fully saturated rings. The topological polar surface area (TPSA) is 66.5 Å². The molecule has 0 aliphatic rings.